The van der Waals surface area contributed by atoms with Gasteiger partial charge in [0.15, 0.2) is 6.61 Å². The SMILES string of the molecule is COc1cccc(C[C@@H](NC(C)=O)C(=O)Nc2ccc(OCC(N)=O)cc2)c1. The third-order valence-electron chi connectivity index (χ3n) is 3.77. The van der Waals surface area contributed by atoms with Crippen molar-refractivity contribution in [2.24, 2.45) is 5.73 Å². The van der Waals surface area contributed by atoms with Crippen LogP contribution in [-0.4, -0.2) is 37.5 Å². The summed E-state index contributed by atoms with van der Waals surface area (Å²) in [6.45, 7) is 1.13. The van der Waals surface area contributed by atoms with Gasteiger partial charge in [-0.05, 0) is 42.0 Å². The van der Waals surface area contributed by atoms with Gasteiger partial charge in [-0.1, -0.05) is 12.1 Å². The van der Waals surface area contributed by atoms with Crippen molar-refractivity contribution >= 4 is 23.4 Å². The predicted molar refractivity (Wildman–Crippen MR) is 104 cm³/mol. The molecule has 0 aliphatic heterocycles. The van der Waals surface area contributed by atoms with E-state index in [1.54, 1.807) is 37.4 Å². The number of ether oxygens (including phenoxy) is 2. The number of nitrogens with one attached hydrogen (secondary N) is 2. The van der Waals surface area contributed by atoms with Gasteiger partial charge in [-0.2, -0.15) is 0 Å². The molecule has 8 nitrogen and oxygen atoms in total. The lowest BCUT2D eigenvalue weighted by Gasteiger charge is -2.18. The summed E-state index contributed by atoms with van der Waals surface area (Å²) < 4.78 is 10.4. The molecule has 0 bridgehead atoms. The van der Waals surface area contributed by atoms with Crippen molar-refractivity contribution < 1.29 is 23.9 Å². The van der Waals surface area contributed by atoms with Crippen LogP contribution in [0.3, 0.4) is 0 Å². The molecule has 148 valence electrons. The van der Waals surface area contributed by atoms with E-state index >= 15 is 0 Å². The second kappa shape index (κ2) is 9.96. The molecule has 2 aromatic rings. The topological polar surface area (TPSA) is 120 Å². The molecule has 0 aliphatic rings. The second-order valence-corrected chi connectivity index (χ2v) is 6.08. The zero-order valence-electron chi connectivity index (χ0n) is 15.7. The van der Waals surface area contributed by atoms with E-state index in [-0.39, 0.29) is 18.4 Å². The summed E-state index contributed by atoms with van der Waals surface area (Å²) in [5, 5.41) is 5.42. The van der Waals surface area contributed by atoms with E-state index in [0.29, 0.717) is 23.6 Å². The van der Waals surface area contributed by atoms with Crippen LogP contribution in [-0.2, 0) is 20.8 Å². The van der Waals surface area contributed by atoms with Crippen molar-refractivity contribution in [1.82, 2.24) is 5.32 Å². The summed E-state index contributed by atoms with van der Waals surface area (Å²) in [6.07, 6.45) is 0.308. The summed E-state index contributed by atoms with van der Waals surface area (Å²) in [4.78, 5) is 34.9. The highest BCUT2D eigenvalue weighted by Crippen LogP contribution is 2.17. The van der Waals surface area contributed by atoms with Crippen LogP contribution in [0.2, 0.25) is 0 Å². The second-order valence-electron chi connectivity index (χ2n) is 6.08. The monoisotopic (exact) mass is 385 g/mol. The zero-order chi connectivity index (χ0) is 20.5. The first kappa shape index (κ1) is 20.8. The number of methoxy groups -OCH3 is 1. The number of hydrogen-bond donors (Lipinski definition) is 3. The van der Waals surface area contributed by atoms with Gasteiger partial charge in [0, 0.05) is 19.0 Å². The lowest BCUT2D eigenvalue weighted by atomic mass is 10.0. The minimum absolute atomic E-state index is 0.225. The largest absolute Gasteiger partial charge is 0.497 e. The lowest BCUT2D eigenvalue weighted by Crippen LogP contribution is -2.44. The lowest BCUT2D eigenvalue weighted by molar-refractivity contribution is -0.125. The fraction of sp³-hybridized carbons (Fsp3) is 0.250. The molecule has 0 spiro atoms. The molecule has 3 amide bonds. The molecule has 0 aromatic heterocycles. The van der Waals surface area contributed by atoms with Gasteiger partial charge in [0.1, 0.15) is 17.5 Å². The molecule has 28 heavy (non-hydrogen) atoms. The van der Waals surface area contributed by atoms with Crippen LogP contribution >= 0.6 is 0 Å². The molecular formula is C20H23N3O5. The van der Waals surface area contributed by atoms with E-state index in [2.05, 4.69) is 10.6 Å². The molecule has 0 saturated heterocycles. The number of rotatable bonds is 9. The number of benzene rings is 2. The first-order chi connectivity index (χ1) is 13.4. The van der Waals surface area contributed by atoms with E-state index < -0.39 is 11.9 Å². The van der Waals surface area contributed by atoms with Gasteiger partial charge in [-0.15, -0.1) is 0 Å². The van der Waals surface area contributed by atoms with Gasteiger partial charge >= 0.3 is 0 Å². The molecule has 0 fully saturated rings. The number of primary amides is 1. The van der Waals surface area contributed by atoms with Crippen molar-refractivity contribution in [2.45, 2.75) is 19.4 Å². The number of carbonyl (C=O) groups excluding carboxylic acids is 3. The van der Waals surface area contributed by atoms with Crippen LogP contribution in [0.15, 0.2) is 48.5 Å². The van der Waals surface area contributed by atoms with Gasteiger partial charge in [0.2, 0.25) is 11.8 Å². The molecule has 0 heterocycles. The minimum atomic E-state index is -0.754. The smallest absolute Gasteiger partial charge is 0.255 e. The molecule has 0 aliphatic carbocycles. The first-order valence-electron chi connectivity index (χ1n) is 8.59. The molecule has 4 N–H and O–H groups in total. The minimum Gasteiger partial charge on any atom is -0.497 e. The van der Waals surface area contributed by atoms with Gasteiger partial charge < -0.3 is 25.8 Å². The van der Waals surface area contributed by atoms with E-state index in [0.717, 1.165) is 5.56 Å². The summed E-state index contributed by atoms with van der Waals surface area (Å²) in [7, 11) is 1.56. The Kier molecular flexibility index (Phi) is 7.38. The Morgan fingerprint density at radius 1 is 1.07 bits per heavy atom. The summed E-state index contributed by atoms with van der Waals surface area (Å²) in [5.74, 6) is -0.118. The van der Waals surface area contributed by atoms with Crippen LogP contribution in [0.25, 0.3) is 0 Å². The maximum absolute atomic E-state index is 12.7. The summed E-state index contributed by atoms with van der Waals surface area (Å²) >= 11 is 0. The fourth-order valence-corrected chi connectivity index (χ4v) is 2.51. The zero-order valence-corrected chi connectivity index (χ0v) is 15.7. The van der Waals surface area contributed by atoms with E-state index in [9.17, 15) is 14.4 Å². The quantitative estimate of drug-likeness (QED) is 0.600. The fourth-order valence-electron chi connectivity index (χ4n) is 2.51. The van der Waals surface area contributed by atoms with Gasteiger partial charge in [-0.25, -0.2) is 0 Å². The Morgan fingerprint density at radius 3 is 2.39 bits per heavy atom. The molecule has 0 radical (unpaired) electrons. The number of carbonyl (C=O) groups is 3. The highest BCUT2D eigenvalue weighted by molar-refractivity contribution is 5.97. The third kappa shape index (κ3) is 6.64. The van der Waals surface area contributed by atoms with Crippen LogP contribution in [0.5, 0.6) is 11.5 Å². The van der Waals surface area contributed by atoms with Crippen molar-refractivity contribution in [3.8, 4) is 11.5 Å². The summed E-state index contributed by atoms with van der Waals surface area (Å²) in [6, 6.07) is 13.0. The number of amides is 3. The first-order valence-corrected chi connectivity index (χ1v) is 8.59. The molecular weight excluding hydrogens is 362 g/mol. The Hall–Kier alpha value is -3.55. The van der Waals surface area contributed by atoms with E-state index in [4.69, 9.17) is 15.2 Å². The Labute approximate surface area is 163 Å². The number of hydrogen-bond acceptors (Lipinski definition) is 5. The van der Waals surface area contributed by atoms with Gasteiger partial charge in [0.25, 0.3) is 5.91 Å². The third-order valence-corrected chi connectivity index (χ3v) is 3.77. The Balaban J connectivity index is 2.05. The molecule has 2 rings (SSSR count). The molecule has 0 saturated carbocycles. The van der Waals surface area contributed by atoms with Crippen LogP contribution in [0, 0.1) is 0 Å². The maximum atomic E-state index is 12.7. The number of anilines is 1. The normalized spacial score (nSPS) is 11.2. The van der Waals surface area contributed by atoms with E-state index in [1.165, 1.54) is 6.92 Å². The van der Waals surface area contributed by atoms with Crippen molar-refractivity contribution in [2.75, 3.05) is 19.0 Å². The van der Waals surface area contributed by atoms with Crippen LogP contribution in [0.1, 0.15) is 12.5 Å². The number of nitrogens with two attached hydrogens (primary N) is 1. The Morgan fingerprint density at radius 2 is 1.79 bits per heavy atom. The van der Waals surface area contributed by atoms with Crippen LogP contribution < -0.4 is 25.8 Å². The highest BCUT2D eigenvalue weighted by Gasteiger charge is 2.20. The molecule has 2 aromatic carbocycles. The van der Waals surface area contributed by atoms with Crippen LogP contribution in [0.4, 0.5) is 5.69 Å². The summed E-state index contributed by atoms with van der Waals surface area (Å²) in [5.41, 5.74) is 6.40. The van der Waals surface area contributed by atoms with Crippen molar-refractivity contribution in [3.63, 3.8) is 0 Å². The average molecular weight is 385 g/mol. The van der Waals surface area contributed by atoms with Gasteiger partial charge in [-0.3, -0.25) is 14.4 Å². The highest BCUT2D eigenvalue weighted by atomic mass is 16.5. The van der Waals surface area contributed by atoms with Crippen molar-refractivity contribution in [3.05, 3.63) is 54.1 Å². The molecule has 1 atom stereocenters. The van der Waals surface area contributed by atoms with Crippen molar-refractivity contribution in [1.29, 1.82) is 0 Å². The standard InChI is InChI=1S/C20H23N3O5/c1-13(24)22-18(11-14-4-3-5-17(10-14)27-2)20(26)23-15-6-8-16(9-7-15)28-12-19(21)25/h3-10,18H,11-12H2,1-2H3,(H2,21,25)(H,22,24)(H,23,26)/t18-/m1/s1. The Bertz CT molecular complexity index is 836. The molecule has 8 heteroatoms. The maximum Gasteiger partial charge on any atom is 0.255 e. The average Bonchev–Trinajstić information content (AvgIpc) is 2.66. The predicted octanol–water partition coefficient (Wildman–Crippen LogP) is 1.25. The van der Waals surface area contributed by atoms with Gasteiger partial charge in [0.05, 0.1) is 7.11 Å². The van der Waals surface area contributed by atoms with E-state index in [1.807, 2.05) is 18.2 Å². The molecule has 0 unspecified atom stereocenters.